The van der Waals surface area contributed by atoms with Gasteiger partial charge >= 0.3 is 5.97 Å². The molecule has 4 heteroatoms. The Kier molecular flexibility index (Phi) is 4.20. The number of rotatable bonds is 5. The molecule has 1 atom stereocenters. The third-order valence-electron chi connectivity index (χ3n) is 1.56. The van der Waals surface area contributed by atoms with Gasteiger partial charge in [0, 0.05) is 13.0 Å². The quantitative estimate of drug-likeness (QED) is 0.642. The van der Waals surface area contributed by atoms with Gasteiger partial charge in [-0.1, -0.05) is 0 Å². The lowest BCUT2D eigenvalue weighted by Gasteiger charge is -2.26. The van der Waals surface area contributed by atoms with Gasteiger partial charge in [0.25, 0.3) is 0 Å². The molecule has 3 N–H and O–H groups in total. The van der Waals surface area contributed by atoms with Crippen LogP contribution in [-0.4, -0.2) is 29.3 Å². The van der Waals surface area contributed by atoms with E-state index in [4.69, 9.17) is 15.6 Å². The van der Waals surface area contributed by atoms with E-state index in [9.17, 15) is 4.79 Å². The Labute approximate surface area is 72.7 Å². The van der Waals surface area contributed by atoms with Crippen molar-refractivity contribution in [2.75, 3.05) is 6.61 Å². The summed E-state index contributed by atoms with van der Waals surface area (Å²) in [6, 6.07) is -0.841. The Morgan fingerprint density at radius 3 is 2.50 bits per heavy atom. The molecule has 0 aliphatic carbocycles. The first kappa shape index (κ1) is 11.4. The molecule has 0 fully saturated rings. The zero-order chi connectivity index (χ0) is 9.78. The van der Waals surface area contributed by atoms with Gasteiger partial charge in [-0.25, -0.2) is 0 Å². The average Bonchev–Trinajstić information content (AvgIpc) is 1.85. The van der Waals surface area contributed by atoms with E-state index in [1.54, 1.807) is 0 Å². The van der Waals surface area contributed by atoms with E-state index >= 15 is 0 Å². The van der Waals surface area contributed by atoms with E-state index in [1.807, 2.05) is 20.8 Å². The van der Waals surface area contributed by atoms with E-state index in [-0.39, 0.29) is 0 Å². The number of aliphatic carboxylic acids is 1. The van der Waals surface area contributed by atoms with Gasteiger partial charge < -0.3 is 15.6 Å². The maximum atomic E-state index is 10.4. The summed E-state index contributed by atoms with van der Waals surface area (Å²) < 4.78 is 5.31. The third kappa shape index (κ3) is 4.31. The van der Waals surface area contributed by atoms with Crippen LogP contribution < -0.4 is 5.73 Å². The topological polar surface area (TPSA) is 72.5 Å². The Balaban J connectivity index is 3.95. The zero-order valence-corrected chi connectivity index (χ0v) is 7.83. The molecule has 0 spiro atoms. The predicted octanol–water partition coefficient (Wildman–Crippen LogP) is 0.603. The molecule has 72 valence electrons. The number of carbonyl (C=O) groups is 1. The van der Waals surface area contributed by atoms with Gasteiger partial charge in [0.05, 0.1) is 5.60 Å². The normalized spacial score (nSPS) is 14.3. The highest BCUT2D eigenvalue weighted by Crippen LogP contribution is 2.15. The fourth-order valence-electron chi connectivity index (χ4n) is 1.07. The van der Waals surface area contributed by atoms with Crippen LogP contribution in [0.2, 0.25) is 0 Å². The molecular formula is C8H17NO3. The molecule has 0 aliphatic rings. The molecule has 0 radical (unpaired) electrons. The van der Waals surface area contributed by atoms with E-state index in [0.29, 0.717) is 13.0 Å². The highest BCUT2D eigenvalue weighted by atomic mass is 16.5. The van der Waals surface area contributed by atoms with Crippen LogP contribution in [0, 0.1) is 0 Å². The molecule has 0 bridgehead atoms. The van der Waals surface area contributed by atoms with Crippen LogP contribution in [0.25, 0.3) is 0 Å². The Morgan fingerprint density at radius 1 is 1.67 bits per heavy atom. The molecule has 0 rings (SSSR count). The molecule has 0 aliphatic heterocycles. The molecule has 0 saturated heterocycles. The first-order valence-corrected chi connectivity index (χ1v) is 4.01. The van der Waals surface area contributed by atoms with Crippen LogP contribution >= 0.6 is 0 Å². The molecule has 0 unspecified atom stereocenters. The lowest BCUT2D eigenvalue weighted by molar-refractivity contribution is -0.140. The summed E-state index contributed by atoms with van der Waals surface area (Å²) in [5.74, 6) is -0.984. The van der Waals surface area contributed by atoms with E-state index in [1.165, 1.54) is 0 Å². The standard InChI is InChI=1S/C8H17NO3/c1-4-12-8(2,3)5-6(9)7(10)11/h6H,4-5,9H2,1-3H3,(H,10,11)/t6-/m0/s1. The number of carboxylic acid groups (broad SMARTS) is 1. The molecule has 0 aromatic carbocycles. The second-order valence-electron chi connectivity index (χ2n) is 3.34. The van der Waals surface area contributed by atoms with Gasteiger partial charge in [0.1, 0.15) is 6.04 Å². The Bertz CT molecular complexity index is 156. The third-order valence-corrected chi connectivity index (χ3v) is 1.56. The first-order chi connectivity index (χ1) is 5.39. The van der Waals surface area contributed by atoms with Crippen LogP contribution in [0.5, 0.6) is 0 Å². The van der Waals surface area contributed by atoms with Crippen molar-refractivity contribution in [1.29, 1.82) is 0 Å². The van der Waals surface area contributed by atoms with Crippen molar-refractivity contribution in [1.82, 2.24) is 0 Å². The summed E-state index contributed by atoms with van der Waals surface area (Å²) in [7, 11) is 0. The van der Waals surface area contributed by atoms with Crippen LogP contribution in [0.3, 0.4) is 0 Å². The molecule has 0 amide bonds. The fourth-order valence-corrected chi connectivity index (χ4v) is 1.07. The van der Waals surface area contributed by atoms with Gasteiger partial charge in [-0.05, 0) is 20.8 Å². The highest BCUT2D eigenvalue weighted by molar-refractivity contribution is 5.73. The van der Waals surface area contributed by atoms with Gasteiger partial charge in [0.2, 0.25) is 0 Å². The van der Waals surface area contributed by atoms with Crippen molar-refractivity contribution >= 4 is 5.97 Å². The summed E-state index contributed by atoms with van der Waals surface area (Å²) in [5.41, 5.74) is 4.90. The highest BCUT2D eigenvalue weighted by Gasteiger charge is 2.25. The number of hydrogen-bond acceptors (Lipinski definition) is 3. The summed E-state index contributed by atoms with van der Waals surface area (Å²) in [6.45, 7) is 6.10. The Morgan fingerprint density at radius 2 is 2.17 bits per heavy atom. The number of nitrogens with two attached hydrogens (primary N) is 1. The SMILES string of the molecule is CCOC(C)(C)C[C@H](N)C(=O)O. The van der Waals surface area contributed by atoms with Crippen molar-refractivity contribution < 1.29 is 14.6 Å². The molecule has 4 nitrogen and oxygen atoms in total. The maximum absolute atomic E-state index is 10.4. The maximum Gasteiger partial charge on any atom is 0.320 e. The van der Waals surface area contributed by atoms with Crippen molar-refractivity contribution in [2.45, 2.75) is 38.8 Å². The predicted molar refractivity (Wildman–Crippen MR) is 45.9 cm³/mol. The number of carboxylic acids is 1. The van der Waals surface area contributed by atoms with E-state index in [0.717, 1.165) is 0 Å². The van der Waals surface area contributed by atoms with Crippen LogP contribution in [0.4, 0.5) is 0 Å². The number of ether oxygens (including phenoxy) is 1. The van der Waals surface area contributed by atoms with Crippen molar-refractivity contribution in [3.63, 3.8) is 0 Å². The van der Waals surface area contributed by atoms with Crippen LogP contribution in [-0.2, 0) is 9.53 Å². The fraction of sp³-hybridized carbons (Fsp3) is 0.875. The van der Waals surface area contributed by atoms with E-state index < -0.39 is 17.6 Å². The second kappa shape index (κ2) is 4.42. The van der Waals surface area contributed by atoms with Gasteiger partial charge in [0.15, 0.2) is 0 Å². The van der Waals surface area contributed by atoms with Crippen molar-refractivity contribution in [2.24, 2.45) is 5.73 Å². The first-order valence-electron chi connectivity index (χ1n) is 4.01. The van der Waals surface area contributed by atoms with Crippen LogP contribution in [0.15, 0.2) is 0 Å². The molecule has 0 saturated carbocycles. The Hall–Kier alpha value is -0.610. The van der Waals surface area contributed by atoms with Crippen molar-refractivity contribution in [3.05, 3.63) is 0 Å². The minimum absolute atomic E-state index is 0.330. The molecule has 0 heterocycles. The van der Waals surface area contributed by atoms with Gasteiger partial charge in [-0.15, -0.1) is 0 Å². The minimum Gasteiger partial charge on any atom is -0.480 e. The van der Waals surface area contributed by atoms with Gasteiger partial charge in [-0.2, -0.15) is 0 Å². The van der Waals surface area contributed by atoms with E-state index in [2.05, 4.69) is 0 Å². The summed E-state index contributed by atoms with van der Waals surface area (Å²) in [6.07, 6.45) is 0.330. The lowest BCUT2D eigenvalue weighted by atomic mass is 9.99. The van der Waals surface area contributed by atoms with Crippen LogP contribution in [0.1, 0.15) is 27.2 Å². The zero-order valence-electron chi connectivity index (χ0n) is 7.83. The molecular weight excluding hydrogens is 158 g/mol. The number of hydrogen-bond donors (Lipinski definition) is 2. The summed E-state index contributed by atoms with van der Waals surface area (Å²) in [4.78, 5) is 10.4. The van der Waals surface area contributed by atoms with Crippen molar-refractivity contribution in [3.8, 4) is 0 Å². The minimum atomic E-state index is -0.984. The molecule has 0 aromatic heterocycles. The summed E-state index contributed by atoms with van der Waals surface area (Å²) >= 11 is 0. The average molecular weight is 175 g/mol. The largest absolute Gasteiger partial charge is 0.480 e. The van der Waals surface area contributed by atoms with Gasteiger partial charge in [-0.3, -0.25) is 4.79 Å². The lowest BCUT2D eigenvalue weighted by Crippen LogP contribution is -2.39. The second-order valence-corrected chi connectivity index (χ2v) is 3.34. The molecule has 0 aromatic rings. The summed E-state index contributed by atoms with van der Waals surface area (Å²) in [5, 5.41) is 8.53. The monoisotopic (exact) mass is 175 g/mol. The smallest absolute Gasteiger partial charge is 0.320 e. The molecule has 12 heavy (non-hydrogen) atoms.